The number of hydrogen-bond donors (Lipinski definition) is 0. The lowest BCUT2D eigenvalue weighted by molar-refractivity contribution is -0.384. The maximum Gasteiger partial charge on any atom is 0.269 e. The predicted octanol–water partition coefficient (Wildman–Crippen LogP) is 3.45. The Labute approximate surface area is 118 Å². The Hall–Kier alpha value is -1.66. The summed E-state index contributed by atoms with van der Waals surface area (Å²) in [5.74, 6) is 2.19. The Morgan fingerprint density at radius 3 is 2.63 bits per heavy atom. The van der Waals surface area contributed by atoms with Crippen molar-refractivity contribution >= 4 is 29.1 Å². The van der Waals surface area contributed by atoms with Crippen molar-refractivity contribution in [3.63, 3.8) is 0 Å². The Kier molecular flexibility index (Phi) is 3.12. The highest BCUT2D eigenvalue weighted by atomic mass is 35.5. The Balaban J connectivity index is 2.02. The van der Waals surface area contributed by atoms with E-state index in [0.29, 0.717) is 11.0 Å². The van der Waals surface area contributed by atoms with Crippen molar-refractivity contribution in [2.75, 3.05) is 0 Å². The second kappa shape index (κ2) is 4.79. The van der Waals surface area contributed by atoms with Crippen molar-refractivity contribution in [3.05, 3.63) is 50.8 Å². The molecule has 1 aromatic heterocycles. The third kappa shape index (κ3) is 2.29. The van der Waals surface area contributed by atoms with Gasteiger partial charge in [-0.25, -0.2) is 9.97 Å². The minimum Gasteiger partial charge on any atom is -0.258 e. The SMILES string of the molecule is O=[N+]([O-])c1ccc(-c2nc(Cl)c3c(n2)CSC3)cc1. The molecular weight excluding hydrogens is 286 g/mol. The van der Waals surface area contributed by atoms with E-state index in [1.165, 1.54) is 12.1 Å². The third-order valence-electron chi connectivity index (χ3n) is 2.86. The molecule has 0 bridgehead atoms. The Bertz CT molecular complexity index is 661. The van der Waals surface area contributed by atoms with Crippen molar-refractivity contribution in [1.29, 1.82) is 0 Å². The quantitative estimate of drug-likeness (QED) is 0.482. The number of benzene rings is 1. The van der Waals surface area contributed by atoms with Gasteiger partial charge in [-0.3, -0.25) is 10.1 Å². The summed E-state index contributed by atoms with van der Waals surface area (Å²) >= 11 is 7.88. The molecule has 0 amide bonds. The molecule has 0 fully saturated rings. The van der Waals surface area contributed by atoms with Gasteiger partial charge in [0.25, 0.3) is 5.69 Å². The number of halogens is 1. The number of thioether (sulfide) groups is 1. The first-order valence-electron chi connectivity index (χ1n) is 5.53. The first-order valence-corrected chi connectivity index (χ1v) is 7.06. The van der Waals surface area contributed by atoms with Crippen LogP contribution in [0.2, 0.25) is 5.15 Å². The molecule has 2 heterocycles. The molecule has 0 unspecified atom stereocenters. The van der Waals surface area contributed by atoms with Crippen LogP contribution in [0.1, 0.15) is 11.3 Å². The molecule has 7 heteroatoms. The fourth-order valence-electron chi connectivity index (χ4n) is 1.87. The van der Waals surface area contributed by atoms with E-state index < -0.39 is 4.92 Å². The molecule has 96 valence electrons. The van der Waals surface area contributed by atoms with E-state index in [9.17, 15) is 10.1 Å². The summed E-state index contributed by atoms with van der Waals surface area (Å²) in [6, 6.07) is 6.15. The van der Waals surface area contributed by atoms with E-state index in [4.69, 9.17) is 11.6 Å². The van der Waals surface area contributed by atoms with E-state index in [0.717, 1.165) is 28.3 Å². The lowest BCUT2D eigenvalue weighted by Crippen LogP contribution is -1.97. The normalized spacial score (nSPS) is 13.3. The van der Waals surface area contributed by atoms with Gasteiger partial charge >= 0.3 is 0 Å². The molecular formula is C12H8ClN3O2S. The van der Waals surface area contributed by atoms with Crippen LogP contribution >= 0.6 is 23.4 Å². The van der Waals surface area contributed by atoms with Crippen LogP contribution in [0, 0.1) is 10.1 Å². The van der Waals surface area contributed by atoms with Gasteiger partial charge in [-0.1, -0.05) is 11.6 Å². The van der Waals surface area contributed by atoms with E-state index in [1.54, 1.807) is 23.9 Å². The summed E-state index contributed by atoms with van der Waals surface area (Å²) < 4.78 is 0. The van der Waals surface area contributed by atoms with Crippen LogP contribution in [0.25, 0.3) is 11.4 Å². The monoisotopic (exact) mass is 293 g/mol. The molecule has 1 aromatic carbocycles. The summed E-state index contributed by atoms with van der Waals surface area (Å²) in [5, 5.41) is 11.1. The van der Waals surface area contributed by atoms with Crippen LogP contribution in [0.15, 0.2) is 24.3 Å². The van der Waals surface area contributed by atoms with Gasteiger partial charge in [0.1, 0.15) is 5.15 Å². The molecule has 1 aliphatic rings. The molecule has 0 spiro atoms. The fraction of sp³-hybridized carbons (Fsp3) is 0.167. The van der Waals surface area contributed by atoms with Crippen molar-refractivity contribution < 1.29 is 4.92 Å². The number of aromatic nitrogens is 2. The molecule has 0 saturated heterocycles. The lowest BCUT2D eigenvalue weighted by atomic mass is 10.2. The van der Waals surface area contributed by atoms with E-state index in [1.807, 2.05) is 0 Å². The molecule has 0 aliphatic carbocycles. The largest absolute Gasteiger partial charge is 0.269 e. The molecule has 2 aromatic rings. The smallest absolute Gasteiger partial charge is 0.258 e. The fourth-order valence-corrected chi connectivity index (χ4v) is 3.25. The number of non-ortho nitro benzene ring substituents is 1. The lowest BCUT2D eigenvalue weighted by Gasteiger charge is -2.05. The number of nitro benzene ring substituents is 1. The highest BCUT2D eigenvalue weighted by molar-refractivity contribution is 7.98. The Morgan fingerprint density at radius 1 is 1.21 bits per heavy atom. The van der Waals surface area contributed by atoms with Crippen molar-refractivity contribution in [1.82, 2.24) is 9.97 Å². The average molecular weight is 294 g/mol. The number of hydrogen-bond acceptors (Lipinski definition) is 5. The molecule has 0 N–H and O–H groups in total. The van der Waals surface area contributed by atoms with Crippen molar-refractivity contribution in [3.8, 4) is 11.4 Å². The van der Waals surface area contributed by atoms with Crippen LogP contribution in [0.4, 0.5) is 5.69 Å². The highest BCUT2D eigenvalue weighted by Gasteiger charge is 2.19. The van der Waals surface area contributed by atoms with Crippen LogP contribution in [0.3, 0.4) is 0 Å². The van der Waals surface area contributed by atoms with E-state index >= 15 is 0 Å². The number of rotatable bonds is 2. The molecule has 0 radical (unpaired) electrons. The van der Waals surface area contributed by atoms with Crippen molar-refractivity contribution in [2.24, 2.45) is 0 Å². The van der Waals surface area contributed by atoms with Crippen LogP contribution in [0.5, 0.6) is 0 Å². The first-order chi connectivity index (χ1) is 9.15. The number of nitrogens with zero attached hydrogens (tertiary/aromatic N) is 3. The number of nitro groups is 1. The molecule has 0 saturated carbocycles. The van der Waals surface area contributed by atoms with Gasteiger partial charge in [-0.05, 0) is 12.1 Å². The minimum absolute atomic E-state index is 0.0477. The third-order valence-corrected chi connectivity index (χ3v) is 4.15. The topological polar surface area (TPSA) is 68.9 Å². The zero-order valence-corrected chi connectivity index (χ0v) is 11.2. The summed E-state index contributed by atoms with van der Waals surface area (Å²) in [6.45, 7) is 0. The van der Waals surface area contributed by atoms with Crippen LogP contribution < -0.4 is 0 Å². The van der Waals surface area contributed by atoms with Crippen molar-refractivity contribution in [2.45, 2.75) is 11.5 Å². The zero-order chi connectivity index (χ0) is 13.4. The predicted molar refractivity (Wildman–Crippen MR) is 74.1 cm³/mol. The average Bonchev–Trinajstić information content (AvgIpc) is 2.87. The van der Waals surface area contributed by atoms with Gasteiger partial charge in [0.15, 0.2) is 5.82 Å². The van der Waals surface area contributed by atoms with Crippen LogP contribution in [-0.4, -0.2) is 14.9 Å². The standard InChI is InChI=1S/C12H8ClN3O2S/c13-11-9-5-19-6-10(9)14-12(15-11)7-1-3-8(4-2-7)16(17)18/h1-4H,5-6H2. The molecule has 5 nitrogen and oxygen atoms in total. The summed E-state index contributed by atoms with van der Waals surface area (Å²) in [5.41, 5.74) is 2.73. The highest BCUT2D eigenvalue weighted by Crippen LogP contribution is 2.34. The number of fused-ring (bicyclic) bond motifs is 1. The second-order valence-electron chi connectivity index (χ2n) is 4.06. The van der Waals surface area contributed by atoms with Gasteiger partial charge in [-0.2, -0.15) is 11.8 Å². The molecule has 19 heavy (non-hydrogen) atoms. The zero-order valence-electron chi connectivity index (χ0n) is 9.67. The van der Waals surface area contributed by atoms with Gasteiger partial charge in [0, 0.05) is 34.8 Å². The summed E-state index contributed by atoms with van der Waals surface area (Å²) in [7, 11) is 0. The summed E-state index contributed by atoms with van der Waals surface area (Å²) in [4.78, 5) is 18.9. The Morgan fingerprint density at radius 2 is 1.95 bits per heavy atom. The molecule has 1 aliphatic heterocycles. The van der Waals surface area contributed by atoms with Gasteiger partial charge in [0.2, 0.25) is 0 Å². The second-order valence-corrected chi connectivity index (χ2v) is 5.40. The van der Waals surface area contributed by atoms with Gasteiger partial charge in [0.05, 0.1) is 10.6 Å². The first kappa shape index (κ1) is 12.4. The molecule has 3 rings (SSSR count). The van der Waals surface area contributed by atoms with E-state index in [2.05, 4.69) is 9.97 Å². The van der Waals surface area contributed by atoms with Gasteiger partial charge in [-0.15, -0.1) is 0 Å². The van der Waals surface area contributed by atoms with Crippen LogP contribution in [-0.2, 0) is 11.5 Å². The maximum atomic E-state index is 10.6. The summed E-state index contributed by atoms with van der Waals surface area (Å²) in [6.07, 6.45) is 0. The minimum atomic E-state index is -0.434. The van der Waals surface area contributed by atoms with E-state index in [-0.39, 0.29) is 5.69 Å². The maximum absolute atomic E-state index is 10.6. The molecule has 0 atom stereocenters. The van der Waals surface area contributed by atoms with Gasteiger partial charge < -0.3 is 0 Å².